The van der Waals surface area contributed by atoms with Crippen molar-refractivity contribution in [1.82, 2.24) is 9.88 Å². The molecule has 4 nitrogen and oxygen atoms in total. The first kappa shape index (κ1) is 15.5. The molecular weight excluding hydrogens is 307 g/mol. The van der Waals surface area contributed by atoms with Crippen molar-refractivity contribution in [3.8, 4) is 5.75 Å². The van der Waals surface area contributed by atoms with Crippen molar-refractivity contribution in [1.29, 1.82) is 0 Å². The van der Waals surface area contributed by atoms with Crippen molar-refractivity contribution in [2.24, 2.45) is 0 Å². The number of hydrogen-bond acceptors (Lipinski definition) is 4. The van der Waals surface area contributed by atoms with Gasteiger partial charge in [0.05, 0.1) is 6.20 Å². The van der Waals surface area contributed by atoms with Gasteiger partial charge in [0.2, 0.25) is 0 Å². The lowest BCUT2D eigenvalue weighted by Gasteiger charge is -2.32. The summed E-state index contributed by atoms with van der Waals surface area (Å²) in [5.74, 6) is 0.580. The molecule has 24 heavy (non-hydrogen) atoms. The zero-order valence-electron chi connectivity index (χ0n) is 13.5. The second kappa shape index (κ2) is 6.87. The number of pyridine rings is 1. The van der Waals surface area contributed by atoms with Crippen LogP contribution in [0, 0.1) is 5.82 Å². The quantitative estimate of drug-likeness (QED) is 0.864. The van der Waals surface area contributed by atoms with E-state index in [0.717, 1.165) is 43.9 Å². The second-order valence-electron chi connectivity index (χ2n) is 6.45. The first-order valence-electron chi connectivity index (χ1n) is 8.46. The van der Waals surface area contributed by atoms with E-state index in [0.29, 0.717) is 6.04 Å². The van der Waals surface area contributed by atoms with Crippen molar-refractivity contribution in [3.05, 3.63) is 60.2 Å². The fourth-order valence-corrected chi connectivity index (χ4v) is 3.71. The van der Waals surface area contributed by atoms with Crippen molar-refractivity contribution in [2.45, 2.75) is 37.6 Å². The highest BCUT2D eigenvalue weighted by molar-refractivity contribution is 5.19. The summed E-state index contributed by atoms with van der Waals surface area (Å²) in [6, 6.07) is 10.9. The van der Waals surface area contributed by atoms with Gasteiger partial charge < -0.3 is 9.47 Å². The molecule has 1 aromatic heterocycles. The van der Waals surface area contributed by atoms with Crippen LogP contribution < -0.4 is 4.74 Å². The molecule has 4 rings (SSSR count). The molecule has 0 amide bonds. The molecule has 3 heterocycles. The van der Waals surface area contributed by atoms with Crippen LogP contribution in [0.3, 0.4) is 0 Å². The van der Waals surface area contributed by atoms with E-state index in [2.05, 4.69) is 9.88 Å². The Morgan fingerprint density at radius 3 is 2.92 bits per heavy atom. The molecule has 0 bridgehead atoms. The summed E-state index contributed by atoms with van der Waals surface area (Å²) in [4.78, 5) is 6.51. The third kappa shape index (κ3) is 3.28. The number of halogens is 1. The van der Waals surface area contributed by atoms with Gasteiger partial charge in [-0.2, -0.15) is 0 Å². The summed E-state index contributed by atoms with van der Waals surface area (Å²) >= 11 is 0. The van der Waals surface area contributed by atoms with Crippen LogP contribution in [0.1, 0.15) is 18.4 Å². The van der Waals surface area contributed by atoms with E-state index in [4.69, 9.17) is 9.47 Å². The molecular formula is C19H21FN2O2. The molecule has 0 N–H and O–H groups in total. The maximum atomic E-state index is 13.1. The molecule has 2 aliphatic rings. The number of likely N-dealkylation sites (tertiary alicyclic amines) is 1. The van der Waals surface area contributed by atoms with Gasteiger partial charge in [0.1, 0.15) is 23.8 Å². The Bertz CT molecular complexity index is 665. The number of nitrogens with zero attached hydrogens (tertiary/aromatic N) is 2. The molecule has 0 unspecified atom stereocenters. The molecule has 0 saturated carbocycles. The Kier molecular flexibility index (Phi) is 4.45. The van der Waals surface area contributed by atoms with Crippen molar-refractivity contribution < 1.29 is 13.9 Å². The van der Waals surface area contributed by atoms with Crippen LogP contribution in [0.25, 0.3) is 0 Å². The molecule has 2 aliphatic heterocycles. The standard InChI is InChI=1S/C19H21FN2O2/c20-15-7-5-14(6-8-15)12-22-13-18(19-17(22)4-2-10-23-19)24-16-3-1-9-21-11-16/h1,3,5-9,11,17-19H,2,4,10,12-13H2/t17-,18-,19-/m1/s1. The Balaban J connectivity index is 1.49. The van der Waals surface area contributed by atoms with Crippen LogP contribution in [-0.2, 0) is 11.3 Å². The van der Waals surface area contributed by atoms with E-state index in [1.54, 1.807) is 12.4 Å². The van der Waals surface area contributed by atoms with Crippen LogP contribution in [0.2, 0.25) is 0 Å². The number of rotatable bonds is 4. The minimum absolute atomic E-state index is 0.0000478. The maximum absolute atomic E-state index is 13.1. The van der Waals surface area contributed by atoms with Gasteiger partial charge in [-0.3, -0.25) is 9.88 Å². The highest BCUT2D eigenvalue weighted by Crippen LogP contribution is 2.32. The number of aromatic nitrogens is 1. The summed E-state index contributed by atoms with van der Waals surface area (Å²) < 4.78 is 25.3. The molecule has 1 aromatic carbocycles. The van der Waals surface area contributed by atoms with Crippen LogP contribution in [0.4, 0.5) is 4.39 Å². The van der Waals surface area contributed by atoms with E-state index in [9.17, 15) is 4.39 Å². The van der Waals surface area contributed by atoms with Crippen LogP contribution >= 0.6 is 0 Å². The normalized spacial score (nSPS) is 27.0. The summed E-state index contributed by atoms with van der Waals surface area (Å²) in [6.07, 6.45) is 5.74. The third-order valence-corrected chi connectivity index (χ3v) is 4.80. The summed E-state index contributed by atoms with van der Waals surface area (Å²) in [6.45, 7) is 2.39. The summed E-state index contributed by atoms with van der Waals surface area (Å²) in [7, 11) is 0. The fourth-order valence-electron chi connectivity index (χ4n) is 3.71. The van der Waals surface area contributed by atoms with Gasteiger partial charge in [-0.25, -0.2) is 4.39 Å². The first-order valence-corrected chi connectivity index (χ1v) is 8.46. The second-order valence-corrected chi connectivity index (χ2v) is 6.45. The number of ether oxygens (including phenoxy) is 2. The molecule has 3 atom stereocenters. The maximum Gasteiger partial charge on any atom is 0.139 e. The summed E-state index contributed by atoms with van der Waals surface area (Å²) in [5.41, 5.74) is 1.11. The molecule has 2 aromatic rings. The van der Waals surface area contributed by atoms with Crippen LogP contribution in [0.15, 0.2) is 48.8 Å². The zero-order valence-corrected chi connectivity index (χ0v) is 13.5. The minimum Gasteiger partial charge on any atom is -0.485 e. The van der Waals surface area contributed by atoms with Gasteiger partial charge in [-0.05, 0) is 42.7 Å². The Hall–Kier alpha value is -1.98. The Labute approximate surface area is 141 Å². The van der Waals surface area contributed by atoms with Gasteiger partial charge in [0.15, 0.2) is 0 Å². The van der Waals surface area contributed by atoms with E-state index >= 15 is 0 Å². The number of hydrogen-bond donors (Lipinski definition) is 0. The van der Waals surface area contributed by atoms with Crippen molar-refractivity contribution in [3.63, 3.8) is 0 Å². The first-order chi connectivity index (χ1) is 11.8. The minimum atomic E-state index is -0.197. The average Bonchev–Trinajstić information content (AvgIpc) is 2.96. The lowest BCUT2D eigenvalue weighted by Crippen LogP contribution is -2.42. The van der Waals surface area contributed by atoms with E-state index in [1.165, 1.54) is 12.1 Å². The highest BCUT2D eigenvalue weighted by atomic mass is 19.1. The van der Waals surface area contributed by atoms with Crippen molar-refractivity contribution in [2.75, 3.05) is 13.2 Å². The van der Waals surface area contributed by atoms with E-state index in [-0.39, 0.29) is 18.0 Å². The molecule has 0 aliphatic carbocycles. The Morgan fingerprint density at radius 1 is 1.25 bits per heavy atom. The molecule has 0 spiro atoms. The molecule has 2 saturated heterocycles. The van der Waals surface area contributed by atoms with Crippen LogP contribution in [-0.4, -0.2) is 41.3 Å². The van der Waals surface area contributed by atoms with Crippen LogP contribution in [0.5, 0.6) is 5.75 Å². The topological polar surface area (TPSA) is 34.6 Å². The molecule has 126 valence electrons. The smallest absolute Gasteiger partial charge is 0.139 e. The molecule has 2 fully saturated rings. The van der Waals surface area contributed by atoms with Gasteiger partial charge in [0.25, 0.3) is 0 Å². The fraction of sp³-hybridized carbons (Fsp3) is 0.421. The predicted molar refractivity (Wildman–Crippen MR) is 88.2 cm³/mol. The molecule has 0 radical (unpaired) electrons. The summed E-state index contributed by atoms with van der Waals surface area (Å²) in [5, 5.41) is 0. The zero-order chi connectivity index (χ0) is 16.4. The lowest BCUT2D eigenvalue weighted by molar-refractivity contribution is -0.0472. The predicted octanol–water partition coefficient (Wildman–Crippen LogP) is 3.03. The highest BCUT2D eigenvalue weighted by Gasteiger charge is 2.45. The van der Waals surface area contributed by atoms with E-state index < -0.39 is 0 Å². The molecule has 5 heteroatoms. The SMILES string of the molecule is Fc1ccc(CN2C[C@@H](Oc3cccnc3)[C@@H]3OCCC[C@H]32)cc1. The van der Waals surface area contributed by atoms with Gasteiger partial charge in [-0.1, -0.05) is 12.1 Å². The van der Waals surface area contributed by atoms with Gasteiger partial charge >= 0.3 is 0 Å². The van der Waals surface area contributed by atoms with Gasteiger partial charge in [-0.15, -0.1) is 0 Å². The van der Waals surface area contributed by atoms with Crippen molar-refractivity contribution >= 4 is 0 Å². The van der Waals surface area contributed by atoms with Gasteiger partial charge in [0, 0.05) is 31.9 Å². The number of benzene rings is 1. The average molecular weight is 328 g/mol. The Morgan fingerprint density at radius 2 is 2.12 bits per heavy atom. The monoisotopic (exact) mass is 328 g/mol. The third-order valence-electron chi connectivity index (χ3n) is 4.80. The number of fused-ring (bicyclic) bond motifs is 1. The van der Waals surface area contributed by atoms with E-state index in [1.807, 2.05) is 24.3 Å². The largest absolute Gasteiger partial charge is 0.485 e. The lowest BCUT2D eigenvalue weighted by atomic mass is 10.0.